The number of hydrogen-bond donors (Lipinski definition) is 0. The van der Waals surface area contributed by atoms with Crippen molar-refractivity contribution >= 4 is 5.97 Å². The molecule has 0 unspecified atom stereocenters. The molecule has 1 fully saturated rings. The van der Waals surface area contributed by atoms with Gasteiger partial charge in [0.05, 0.1) is 5.56 Å². The van der Waals surface area contributed by atoms with Crippen molar-refractivity contribution in [2.75, 3.05) is 0 Å². The minimum atomic E-state index is -0.726. The molecule has 1 aliphatic rings. The average molecular weight is 301 g/mol. The monoisotopic (exact) mass is 301 g/mol. The lowest BCUT2D eigenvalue weighted by Gasteiger charge is -2.26. The summed E-state index contributed by atoms with van der Waals surface area (Å²) in [6.07, 6.45) is 5.09. The molecule has 3 nitrogen and oxygen atoms in total. The Kier molecular flexibility index (Phi) is 5.71. The number of benzene rings is 1. The molecule has 0 N–H and O–H groups in total. The average Bonchev–Trinajstić information content (AvgIpc) is 2.56. The van der Waals surface area contributed by atoms with Crippen molar-refractivity contribution in [2.45, 2.75) is 45.1 Å². The highest BCUT2D eigenvalue weighted by molar-refractivity contribution is 5.89. The lowest BCUT2D eigenvalue weighted by Crippen LogP contribution is -2.24. The zero-order chi connectivity index (χ0) is 15.9. The first kappa shape index (κ1) is 16.2. The number of nitrogens with zero attached hydrogens (tertiary/aromatic N) is 1. The van der Waals surface area contributed by atoms with E-state index in [9.17, 15) is 9.18 Å². The molecule has 0 spiro atoms. The number of allylic oxidation sites excluding steroid dienone is 2. The summed E-state index contributed by atoms with van der Waals surface area (Å²) in [6.45, 7) is 2.06. The SMILES string of the molecule is CCc1ccc(C(=O)OC2CCC(/C=C(\F)C#N)CC2)cc1. The van der Waals surface area contributed by atoms with Gasteiger partial charge in [0.25, 0.3) is 0 Å². The van der Waals surface area contributed by atoms with Gasteiger partial charge in [0.1, 0.15) is 12.2 Å². The van der Waals surface area contributed by atoms with Crippen molar-refractivity contribution < 1.29 is 13.9 Å². The number of carbonyl (C=O) groups is 1. The first-order valence-electron chi connectivity index (χ1n) is 7.69. The number of hydrogen-bond acceptors (Lipinski definition) is 3. The third-order valence-corrected chi connectivity index (χ3v) is 4.08. The number of aryl methyl sites for hydroxylation is 1. The standard InChI is InChI=1S/C18H20FNO2/c1-2-13-3-7-15(8-4-13)18(21)22-17-9-5-14(6-10-17)11-16(19)12-20/h3-4,7-8,11,14,17H,2,5-6,9-10H2,1H3/b16-11-. The van der Waals surface area contributed by atoms with Gasteiger partial charge in [0.15, 0.2) is 5.83 Å². The molecule has 0 heterocycles. The molecule has 0 radical (unpaired) electrons. The highest BCUT2D eigenvalue weighted by Crippen LogP contribution is 2.28. The summed E-state index contributed by atoms with van der Waals surface area (Å²) in [5.74, 6) is -0.959. The van der Waals surface area contributed by atoms with Crippen LogP contribution in [0.2, 0.25) is 0 Å². The summed E-state index contributed by atoms with van der Waals surface area (Å²) in [4.78, 5) is 12.1. The largest absolute Gasteiger partial charge is 0.459 e. The van der Waals surface area contributed by atoms with Crippen LogP contribution >= 0.6 is 0 Å². The Hall–Kier alpha value is -2.15. The molecule has 1 aromatic carbocycles. The molecule has 0 aromatic heterocycles. The third-order valence-electron chi connectivity index (χ3n) is 4.08. The minimum absolute atomic E-state index is 0.0680. The van der Waals surface area contributed by atoms with E-state index in [-0.39, 0.29) is 18.0 Å². The molecular formula is C18H20FNO2. The second-order valence-corrected chi connectivity index (χ2v) is 5.62. The zero-order valence-corrected chi connectivity index (χ0v) is 12.7. The lowest BCUT2D eigenvalue weighted by molar-refractivity contribution is 0.0184. The van der Waals surface area contributed by atoms with Gasteiger partial charge in [-0.15, -0.1) is 0 Å². The highest BCUT2D eigenvalue weighted by Gasteiger charge is 2.23. The number of halogens is 1. The molecule has 22 heavy (non-hydrogen) atoms. The van der Waals surface area contributed by atoms with Crippen LogP contribution in [0.4, 0.5) is 4.39 Å². The van der Waals surface area contributed by atoms with Gasteiger partial charge in [0, 0.05) is 0 Å². The zero-order valence-electron chi connectivity index (χ0n) is 12.7. The minimum Gasteiger partial charge on any atom is -0.459 e. The van der Waals surface area contributed by atoms with Gasteiger partial charge < -0.3 is 4.74 Å². The summed E-state index contributed by atoms with van der Waals surface area (Å²) in [5, 5.41) is 8.44. The number of ether oxygens (including phenoxy) is 1. The molecule has 1 aliphatic carbocycles. The normalized spacial score (nSPS) is 22.0. The Bertz CT molecular complexity index is 578. The quantitative estimate of drug-likeness (QED) is 0.614. The van der Waals surface area contributed by atoms with Crippen LogP contribution < -0.4 is 0 Å². The Balaban J connectivity index is 1.85. The van der Waals surface area contributed by atoms with Gasteiger partial charge in [-0.2, -0.15) is 9.65 Å². The third kappa shape index (κ3) is 4.42. The van der Waals surface area contributed by atoms with E-state index in [1.54, 1.807) is 12.1 Å². The van der Waals surface area contributed by atoms with Crippen LogP contribution in [0.15, 0.2) is 36.2 Å². The van der Waals surface area contributed by atoms with E-state index in [0.29, 0.717) is 18.4 Å². The Morgan fingerprint density at radius 2 is 1.95 bits per heavy atom. The van der Waals surface area contributed by atoms with Crippen LogP contribution in [0.5, 0.6) is 0 Å². The molecule has 1 saturated carbocycles. The van der Waals surface area contributed by atoms with Crippen LogP contribution in [0.25, 0.3) is 0 Å². The molecule has 116 valence electrons. The van der Waals surface area contributed by atoms with Crippen molar-refractivity contribution in [3.8, 4) is 6.07 Å². The first-order chi connectivity index (χ1) is 10.6. The highest BCUT2D eigenvalue weighted by atomic mass is 19.1. The predicted octanol–water partition coefficient (Wildman–Crippen LogP) is 4.34. The van der Waals surface area contributed by atoms with Gasteiger partial charge in [-0.05, 0) is 61.8 Å². The van der Waals surface area contributed by atoms with Gasteiger partial charge in [-0.25, -0.2) is 4.79 Å². The molecular weight excluding hydrogens is 281 g/mol. The van der Waals surface area contributed by atoms with Gasteiger partial charge in [-0.3, -0.25) is 0 Å². The molecule has 0 amide bonds. The van der Waals surface area contributed by atoms with E-state index in [1.807, 2.05) is 12.1 Å². The maximum Gasteiger partial charge on any atom is 0.338 e. The van der Waals surface area contributed by atoms with Crippen molar-refractivity contribution in [2.24, 2.45) is 5.92 Å². The van der Waals surface area contributed by atoms with E-state index in [1.165, 1.54) is 17.7 Å². The Morgan fingerprint density at radius 3 is 2.50 bits per heavy atom. The molecule has 2 rings (SSSR count). The number of esters is 1. The summed E-state index contributed by atoms with van der Waals surface area (Å²) in [7, 11) is 0. The van der Waals surface area contributed by atoms with Gasteiger partial charge >= 0.3 is 5.97 Å². The maximum atomic E-state index is 12.9. The number of rotatable bonds is 4. The fraction of sp³-hybridized carbons (Fsp3) is 0.444. The Morgan fingerprint density at radius 1 is 1.32 bits per heavy atom. The van der Waals surface area contributed by atoms with Crippen LogP contribution in [-0.2, 0) is 11.2 Å². The molecule has 0 aliphatic heterocycles. The van der Waals surface area contributed by atoms with E-state index >= 15 is 0 Å². The topological polar surface area (TPSA) is 50.1 Å². The van der Waals surface area contributed by atoms with Crippen molar-refractivity contribution in [3.63, 3.8) is 0 Å². The smallest absolute Gasteiger partial charge is 0.338 e. The summed E-state index contributed by atoms with van der Waals surface area (Å²) < 4.78 is 18.4. The predicted molar refractivity (Wildman–Crippen MR) is 81.8 cm³/mol. The number of carbonyl (C=O) groups excluding carboxylic acids is 1. The molecule has 1 aromatic rings. The molecule has 0 saturated heterocycles. The Labute approximate surface area is 130 Å². The summed E-state index contributed by atoms with van der Waals surface area (Å²) >= 11 is 0. The first-order valence-corrected chi connectivity index (χ1v) is 7.69. The van der Waals surface area contributed by atoms with Crippen LogP contribution in [0.1, 0.15) is 48.5 Å². The van der Waals surface area contributed by atoms with E-state index in [0.717, 1.165) is 19.3 Å². The molecule has 4 heteroatoms. The van der Waals surface area contributed by atoms with Crippen molar-refractivity contribution in [1.82, 2.24) is 0 Å². The summed E-state index contributed by atoms with van der Waals surface area (Å²) in [6, 6.07) is 8.94. The van der Waals surface area contributed by atoms with E-state index in [2.05, 4.69) is 6.92 Å². The second kappa shape index (κ2) is 7.74. The van der Waals surface area contributed by atoms with E-state index in [4.69, 9.17) is 10.00 Å². The fourth-order valence-corrected chi connectivity index (χ4v) is 2.71. The van der Waals surface area contributed by atoms with Crippen LogP contribution in [0.3, 0.4) is 0 Å². The van der Waals surface area contributed by atoms with Gasteiger partial charge in [0.2, 0.25) is 0 Å². The fourth-order valence-electron chi connectivity index (χ4n) is 2.71. The second-order valence-electron chi connectivity index (χ2n) is 5.62. The molecule has 0 bridgehead atoms. The van der Waals surface area contributed by atoms with Crippen LogP contribution in [-0.4, -0.2) is 12.1 Å². The van der Waals surface area contributed by atoms with Gasteiger partial charge in [-0.1, -0.05) is 19.1 Å². The van der Waals surface area contributed by atoms with Crippen molar-refractivity contribution in [1.29, 1.82) is 5.26 Å². The number of nitriles is 1. The van der Waals surface area contributed by atoms with E-state index < -0.39 is 5.83 Å². The van der Waals surface area contributed by atoms with Crippen molar-refractivity contribution in [3.05, 3.63) is 47.3 Å². The lowest BCUT2D eigenvalue weighted by atomic mass is 9.87. The summed E-state index contributed by atoms with van der Waals surface area (Å²) in [5.41, 5.74) is 1.75. The maximum absolute atomic E-state index is 12.9. The van der Waals surface area contributed by atoms with Crippen LogP contribution in [0, 0.1) is 17.2 Å². The molecule has 0 atom stereocenters.